The molecular weight excluding hydrogens is 479 g/mol. The number of aromatic nitrogens is 3. The fourth-order valence-electron chi connectivity index (χ4n) is 6.04. The number of fused-ring (bicyclic) bond motifs is 2. The monoisotopic (exact) mass is 510 g/mol. The summed E-state index contributed by atoms with van der Waals surface area (Å²) in [6, 6.07) is 17.4. The smallest absolute Gasteiger partial charge is 0.273 e. The van der Waals surface area contributed by atoms with Gasteiger partial charge in [-0.2, -0.15) is 5.10 Å². The van der Waals surface area contributed by atoms with E-state index in [1.54, 1.807) is 22.7 Å². The number of benzene rings is 2. The van der Waals surface area contributed by atoms with Crippen molar-refractivity contribution >= 4 is 17.2 Å². The summed E-state index contributed by atoms with van der Waals surface area (Å²) in [7, 11) is 0. The molecule has 2 aromatic heterocycles. The van der Waals surface area contributed by atoms with Crippen molar-refractivity contribution in [3.8, 4) is 11.3 Å². The van der Waals surface area contributed by atoms with Gasteiger partial charge in [0.25, 0.3) is 5.91 Å². The molecule has 4 aromatic rings. The van der Waals surface area contributed by atoms with E-state index in [0.29, 0.717) is 35.1 Å². The van der Waals surface area contributed by atoms with Crippen LogP contribution in [-0.4, -0.2) is 51.1 Å². The summed E-state index contributed by atoms with van der Waals surface area (Å²) in [5.41, 5.74) is 12.3. The molecule has 2 fully saturated rings. The minimum Gasteiger partial charge on any atom is -0.370 e. The largest absolute Gasteiger partial charge is 0.370 e. The molecule has 7 rings (SSSR count). The number of anilines is 1. The summed E-state index contributed by atoms with van der Waals surface area (Å²) in [6.07, 6.45) is 3.85. The highest BCUT2D eigenvalue weighted by atomic mass is 19.1. The van der Waals surface area contributed by atoms with Gasteiger partial charge in [0.1, 0.15) is 11.5 Å². The molecule has 8 heteroatoms. The number of halogens is 1. The van der Waals surface area contributed by atoms with E-state index >= 15 is 4.39 Å². The number of carbonyl (C=O) groups excluding carboxylic acids is 1. The Kier molecular flexibility index (Phi) is 5.47. The average Bonchev–Trinajstić information content (AvgIpc) is 3.53. The number of nitrogens with zero attached hydrogens (tertiary/aromatic N) is 5. The van der Waals surface area contributed by atoms with Crippen molar-refractivity contribution in [2.45, 2.75) is 50.6 Å². The molecule has 3 aliphatic rings. The zero-order valence-corrected chi connectivity index (χ0v) is 21.5. The van der Waals surface area contributed by atoms with Crippen LogP contribution in [0.4, 0.5) is 10.1 Å². The van der Waals surface area contributed by atoms with Crippen LogP contribution in [0.2, 0.25) is 0 Å². The molecule has 38 heavy (non-hydrogen) atoms. The van der Waals surface area contributed by atoms with Crippen LogP contribution in [0.3, 0.4) is 0 Å². The Bertz CT molecular complexity index is 1560. The molecule has 1 saturated heterocycles. The van der Waals surface area contributed by atoms with Gasteiger partial charge in [-0.1, -0.05) is 24.3 Å². The topological polar surface area (TPSA) is 79.8 Å². The fraction of sp³-hybridized carbons (Fsp3) is 0.367. The first-order chi connectivity index (χ1) is 18.5. The summed E-state index contributed by atoms with van der Waals surface area (Å²) < 4.78 is 17.1. The maximum Gasteiger partial charge on any atom is 0.273 e. The van der Waals surface area contributed by atoms with Crippen molar-refractivity contribution in [2.24, 2.45) is 5.73 Å². The molecule has 7 nitrogen and oxygen atoms in total. The standard InChI is InChI=1S/C30H31FN6O/c1-18-23-5-3-2-4-19(23)10-13-36(18)30(38)27-15-28(20-6-7-20)37-29(33-27)16-26(34-37)24-9-8-22(14-25(24)31)35-12-11-21(32)17-35/h2-5,8-9,14-16,18,20-21H,6-7,10-13,17,32H2,1H3/t18-,21+/m1/s1. The third-order valence-corrected chi connectivity index (χ3v) is 8.34. The number of hydrogen-bond donors (Lipinski definition) is 1. The van der Waals surface area contributed by atoms with Gasteiger partial charge in [-0.15, -0.1) is 0 Å². The lowest BCUT2D eigenvalue weighted by atomic mass is 9.93. The van der Waals surface area contributed by atoms with E-state index in [1.165, 1.54) is 11.1 Å². The molecule has 0 spiro atoms. The van der Waals surface area contributed by atoms with E-state index in [1.807, 2.05) is 23.1 Å². The Morgan fingerprint density at radius 1 is 1.05 bits per heavy atom. The maximum absolute atomic E-state index is 15.3. The number of rotatable bonds is 4. The van der Waals surface area contributed by atoms with Crippen LogP contribution < -0.4 is 10.6 Å². The quantitative estimate of drug-likeness (QED) is 0.430. The Balaban J connectivity index is 1.23. The Labute approximate surface area is 221 Å². The molecular formula is C30H31FN6O. The molecule has 1 aliphatic carbocycles. The molecule has 0 radical (unpaired) electrons. The lowest BCUT2D eigenvalue weighted by molar-refractivity contribution is 0.0671. The van der Waals surface area contributed by atoms with Crippen LogP contribution in [0, 0.1) is 5.82 Å². The van der Waals surface area contributed by atoms with Crippen LogP contribution in [0.5, 0.6) is 0 Å². The summed E-state index contributed by atoms with van der Waals surface area (Å²) in [5, 5.41) is 4.76. The first-order valence-corrected chi connectivity index (χ1v) is 13.6. The Hall–Kier alpha value is -3.78. The summed E-state index contributed by atoms with van der Waals surface area (Å²) >= 11 is 0. The van der Waals surface area contributed by atoms with Crippen molar-refractivity contribution in [1.29, 1.82) is 0 Å². The summed E-state index contributed by atoms with van der Waals surface area (Å²) in [5.74, 6) is -0.0548. The number of carbonyl (C=O) groups is 1. The van der Waals surface area contributed by atoms with E-state index < -0.39 is 0 Å². The predicted molar refractivity (Wildman–Crippen MR) is 145 cm³/mol. The second-order valence-corrected chi connectivity index (χ2v) is 10.9. The van der Waals surface area contributed by atoms with Gasteiger partial charge in [0.05, 0.1) is 11.7 Å². The predicted octanol–water partition coefficient (Wildman–Crippen LogP) is 4.71. The molecule has 2 atom stereocenters. The highest BCUT2D eigenvalue weighted by Gasteiger charge is 2.32. The lowest BCUT2D eigenvalue weighted by Crippen LogP contribution is -2.39. The van der Waals surface area contributed by atoms with E-state index in [2.05, 4.69) is 30.0 Å². The van der Waals surface area contributed by atoms with Crippen LogP contribution in [0.1, 0.15) is 65.5 Å². The van der Waals surface area contributed by atoms with Crippen molar-refractivity contribution in [3.05, 3.63) is 82.9 Å². The Morgan fingerprint density at radius 2 is 1.89 bits per heavy atom. The van der Waals surface area contributed by atoms with Gasteiger partial charge in [-0.05, 0) is 68.0 Å². The van der Waals surface area contributed by atoms with Gasteiger partial charge in [0.2, 0.25) is 0 Å². The van der Waals surface area contributed by atoms with Gasteiger partial charge in [0, 0.05) is 54.6 Å². The molecule has 0 unspecified atom stereocenters. The Morgan fingerprint density at radius 3 is 2.66 bits per heavy atom. The van der Waals surface area contributed by atoms with Gasteiger partial charge >= 0.3 is 0 Å². The third-order valence-electron chi connectivity index (χ3n) is 8.34. The van der Waals surface area contributed by atoms with Crippen molar-refractivity contribution in [2.75, 3.05) is 24.5 Å². The van der Waals surface area contributed by atoms with Crippen LogP contribution in [0.25, 0.3) is 16.9 Å². The highest BCUT2D eigenvalue weighted by molar-refractivity contribution is 5.93. The lowest BCUT2D eigenvalue weighted by Gasteiger charge is -2.35. The molecule has 194 valence electrons. The molecule has 2 N–H and O–H groups in total. The fourth-order valence-corrected chi connectivity index (χ4v) is 6.04. The highest BCUT2D eigenvalue weighted by Crippen LogP contribution is 2.41. The van der Waals surface area contributed by atoms with E-state index in [-0.39, 0.29) is 23.8 Å². The van der Waals surface area contributed by atoms with E-state index in [9.17, 15) is 4.79 Å². The number of amides is 1. The van der Waals surface area contributed by atoms with Crippen LogP contribution >= 0.6 is 0 Å². The van der Waals surface area contributed by atoms with E-state index in [4.69, 9.17) is 15.8 Å². The minimum absolute atomic E-state index is 0.0203. The molecule has 1 amide bonds. The molecule has 0 bridgehead atoms. The number of nitrogens with two attached hydrogens (primary N) is 1. The molecule has 4 heterocycles. The zero-order chi connectivity index (χ0) is 26.0. The SMILES string of the molecule is C[C@@H]1c2ccccc2CCN1C(=O)c1cc(C2CC2)n2nc(-c3ccc(N4CC[C@H](N)C4)cc3F)cc2n1. The maximum atomic E-state index is 15.3. The normalized spacial score (nSPS) is 21.2. The first-order valence-electron chi connectivity index (χ1n) is 13.6. The number of hydrogen-bond acceptors (Lipinski definition) is 5. The molecule has 2 aromatic carbocycles. The summed E-state index contributed by atoms with van der Waals surface area (Å²) in [6.45, 7) is 4.31. The third kappa shape index (κ3) is 3.95. The zero-order valence-electron chi connectivity index (χ0n) is 21.5. The van der Waals surface area contributed by atoms with Crippen molar-refractivity contribution in [3.63, 3.8) is 0 Å². The van der Waals surface area contributed by atoms with Gasteiger partial charge in [-0.3, -0.25) is 4.79 Å². The van der Waals surface area contributed by atoms with Gasteiger partial charge < -0.3 is 15.5 Å². The van der Waals surface area contributed by atoms with Crippen molar-refractivity contribution < 1.29 is 9.18 Å². The van der Waals surface area contributed by atoms with Gasteiger partial charge in [-0.25, -0.2) is 13.9 Å². The second-order valence-electron chi connectivity index (χ2n) is 10.9. The molecule has 2 aliphatic heterocycles. The average molecular weight is 511 g/mol. The van der Waals surface area contributed by atoms with E-state index in [0.717, 1.165) is 50.2 Å². The first kappa shape index (κ1) is 23.3. The van der Waals surface area contributed by atoms with Crippen LogP contribution in [-0.2, 0) is 6.42 Å². The second kappa shape index (κ2) is 8.91. The molecule has 1 saturated carbocycles. The minimum atomic E-state index is -0.323. The van der Waals surface area contributed by atoms with Crippen LogP contribution in [0.15, 0.2) is 54.6 Å². The van der Waals surface area contributed by atoms with Crippen molar-refractivity contribution in [1.82, 2.24) is 19.5 Å². The summed E-state index contributed by atoms with van der Waals surface area (Å²) in [4.78, 5) is 22.5. The van der Waals surface area contributed by atoms with Gasteiger partial charge in [0.15, 0.2) is 5.65 Å².